The summed E-state index contributed by atoms with van der Waals surface area (Å²) < 4.78 is 33.4. The van der Waals surface area contributed by atoms with Gasteiger partial charge in [-0.3, -0.25) is 4.57 Å². The number of methoxy groups -OCH3 is 1. The van der Waals surface area contributed by atoms with E-state index in [0.717, 1.165) is 12.8 Å². The van der Waals surface area contributed by atoms with Gasteiger partial charge in [0.1, 0.15) is 19.3 Å². The fourth-order valence-corrected chi connectivity index (χ4v) is 4.24. The molecule has 7 nitrogen and oxygen atoms in total. The third-order valence-corrected chi connectivity index (χ3v) is 6.60. The maximum Gasteiger partial charge on any atom is 0.268 e. The summed E-state index contributed by atoms with van der Waals surface area (Å²) in [6.07, 6.45) is 18.0. The van der Waals surface area contributed by atoms with Gasteiger partial charge in [-0.05, 0) is 6.42 Å². The summed E-state index contributed by atoms with van der Waals surface area (Å²) in [6.45, 7) is 3.73. The van der Waals surface area contributed by atoms with Gasteiger partial charge in [0.2, 0.25) is 0 Å². The topological polar surface area (TPSA) is 77.1 Å². The molecule has 33 heavy (non-hydrogen) atoms. The van der Waals surface area contributed by atoms with Crippen LogP contribution in [0.3, 0.4) is 0 Å². The second-order valence-electron chi connectivity index (χ2n) is 10.1. The van der Waals surface area contributed by atoms with Crippen LogP contribution in [0, 0.1) is 0 Å². The predicted octanol–water partition coefficient (Wildman–Crippen LogP) is 5.71. The van der Waals surface area contributed by atoms with E-state index in [4.69, 9.17) is 18.5 Å². The molecule has 0 fully saturated rings. The van der Waals surface area contributed by atoms with Gasteiger partial charge < -0.3 is 27.9 Å². The number of quaternary nitrogens is 1. The van der Waals surface area contributed by atoms with Crippen LogP contribution in [0.5, 0.6) is 0 Å². The summed E-state index contributed by atoms with van der Waals surface area (Å²) in [6, 6.07) is 0. The van der Waals surface area contributed by atoms with Crippen LogP contribution in [0.2, 0.25) is 0 Å². The van der Waals surface area contributed by atoms with E-state index in [1.54, 1.807) is 7.11 Å². The van der Waals surface area contributed by atoms with Crippen molar-refractivity contribution in [1.82, 2.24) is 0 Å². The molecule has 0 aliphatic heterocycles. The van der Waals surface area contributed by atoms with E-state index in [1.165, 1.54) is 77.0 Å². The fraction of sp³-hybridized carbons (Fsp3) is 1.00. The number of nitrogens with zero attached hydrogens (tertiary/aromatic N) is 1. The lowest BCUT2D eigenvalue weighted by Crippen LogP contribution is -2.37. The summed E-state index contributed by atoms with van der Waals surface area (Å²) in [4.78, 5) is 11.9. The average Bonchev–Trinajstić information content (AvgIpc) is 2.73. The molecular formula is C25H54NO6P. The minimum absolute atomic E-state index is 0.0857. The van der Waals surface area contributed by atoms with Crippen LogP contribution in [0.4, 0.5) is 0 Å². The third kappa shape index (κ3) is 24.9. The lowest BCUT2D eigenvalue weighted by atomic mass is 10.0. The quantitative estimate of drug-likeness (QED) is 0.0918. The number of likely N-dealkylation sites (N-methyl/N-ethyl adjacent to an activating group) is 1. The molecule has 0 aromatic carbocycles. The Bertz CT molecular complexity index is 472. The molecule has 0 aromatic rings. The SMILES string of the molecule is CCCCCCCCCCCCCCCCO[C@H](COC)COP(=O)([O-])OCC[N+](C)(C)C. The first-order chi connectivity index (χ1) is 15.7. The Labute approximate surface area is 204 Å². The van der Waals surface area contributed by atoms with Gasteiger partial charge in [-0.2, -0.15) is 0 Å². The Morgan fingerprint density at radius 3 is 1.67 bits per heavy atom. The van der Waals surface area contributed by atoms with Crippen molar-refractivity contribution in [2.45, 2.75) is 103 Å². The van der Waals surface area contributed by atoms with Crippen molar-refractivity contribution in [3.8, 4) is 0 Å². The number of unbranched alkanes of at least 4 members (excludes halogenated alkanes) is 13. The van der Waals surface area contributed by atoms with Crippen LogP contribution >= 0.6 is 7.82 Å². The van der Waals surface area contributed by atoms with E-state index in [9.17, 15) is 9.46 Å². The zero-order chi connectivity index (χ0) is 24.8. The van der Waals surface area contributed by atoms with E-state index in [1.807, 2.05) is 21.1 Å². The predicted molar refractivity (Wildman–Crippen MR) is 134 cm³/mol. The highest BCUT2D eigenvalue weighted by atomic mass is 31.2. The van der Waals surface area contributed by atoms with E-state index < -0.39 is 13.9 Å². The highest BCUT2D eigenvalue weighted by Crippen LogP contribution is 2.38. The van der Waals surface area contributed by atoms with Crippen molar-refractivity contribution in [3.05, 3.63) is 0 Å². The molecular weight excluding hydrogens is 441 g/mol. The van der Waals surface area contributed by atoms with Crippen LogP contribution in [0.1, 0.15) is 96.8 Å². The van der Waals surface area contributed by atoms with Gasteiger partial charge in [-0.15, -0.1) is 0 Å². The summed E-state index contributed by atoms with van der Waals surface area (Å²) in [5.41, 5.74) is 0. The molecule has 2 atom stereocenters. The molecule has 8 heteroatoms. The first-order valence-electron chi connectivity index (χ1n) is 13.2. The van der Waals surface area contributed by atoms with Gasteiger partial charge >= 0.3 is 0 Å². The Morgan fingerprint density at radius 2 is 1.21 bits per heavy atom. The minimum atomic E-state index is -4.33. The van der Waals surface area contributed by atoms with Crippen LogP contribution < -0.4 is 4.89 Å². The van der Waals surface area contributed by atoms with Crippen LogP contribution in [0.15, 0.2) is 0 Å². The largest absolute Gasteiger partial charge is 0.756 e. The molecule has 0 aliphatic carbocycles. The smallest absolute Gasteiger partial charge is 0.268 e. The number of hydrogen-bond acceptors (Lipinski definition) is 6. The molecule has 0 amide bonds. The second kappa shape index (κ2) is 21.3. The molecule has 0 aliphatic rings. The first kappa shape index (κ1) is 33.0. The molecule has 0 bridgehead atoms. The van der Waals surface area contributed by atoms with Gasteiger partial charge in [0.15, 0.2) is 0 Å². The third-order valence-electron chi connectivity index (χ3n) is 5.63. The number of phosphoric acid groups is 1. The molecule has 0 heterocycles. The number of hydrogen-bond donors (Lipinski definition) is 0. The Morgan fingerprint density at radius 1 is 0.727 bits per heavy atom. The van der Waals surface area contributed by atoms with Gasteiger partial charge in [-0.1, -0.05) is 90.4 Å². The highest BCUT2D eigenvalue weighted by molar-refractivity contribution is 7.45. The van der Waals surface area contributed by atoms with Crippen molar-refractivity contribution in [2.75, 3.05) is 61.2 Å². The first-order valence-corrected chi connectivity index (χ1v) is 14.7. The average molecular weight is 496 g/mol. The van der Waals surface area contributed by atoms with Crippen molar-refractivity contribution in [2.24, 2.45) is 0 Å². The maximum atomic E-state index is 11.9. The van der Waals surface area contributed by atoms with E-state index in [0.29, 0.717) is 17.6 Å². The standard InChI is InChI=1S/C25H54NO6P/c1-6-7-8-9-10-11-12-13-14-15-16-17-18-19-21-30-25(23-29-5)24-32-33(27,28)31-22-20-26(2,3)4/h25H,6-24H2,1-5H3/t25-/m1/s1. The monoisotopic (exact) mass is 495 g/mol. The van der Waals surface area contributed by atoms with Gasteiger partial charge in [0.25, 0.3) is 7.82 Å². The maximum absolute atomic E-state index is 11.9. The molecule has 200 valence electrons. The lowest BCUT2D eigenvalue weighted by Gasteiger charge is -2.28. The number of phosphoric ester groups is 1. The van der Waals surface area contributed by atoms with Gasteiger partial charge in [-0.25, -0.2) is 0 Å². The lowest BCUT2D eigenvalue weighted by molar-refractivity contribution is -0.870. The van der Waals surface area contributed by atoms with E-state index in [2.05, 4.69) is 6.92 Å². The minimum Gasteiger partial charge on any atom is -0.756 e. The van der Waals surface area contributed by atoms with E-state index >= 15 is 0 Å². The van der Waals surface area contributed by atoms with Crippen LogP contribution in [0.25, 0.3) is 0 Å². The summed E-state index contributed by atoms with van der Waals surface area (Å²) >= 11 is 0. The Hall–Kier alpha value is -0.0100. The Kier molecular flexibility index (Phi) is 21.3. The number of rotatable bonds is 25. The van der Waals surface area contributed by atoms with Crippen LogP contribution in [-0.4, -0.2) is 71.8 Å². The zero-order valence-electron chi connectivity index (χ0n) is 22.4. The molecule has 0 saturated heterocycles. The van der Waals surface area contributed by atoms with Gasteiger partial charge in [0, 0.05) is 13.7 Å². The van der Waals surface area contributed by atoms with Crippen molar-refractivity contribution in [1.29, 1.82) is 0 Å². The molecule has 0 saturated carbocycles. The van der Waals surface area contributed by atoms with Crippen LogP contribution in [-0.2, 0) is 23.1 Å². The van der Waals surface area contributed by atoms with Crippen molar-refractivity contribution in [3.63, 3.8) is 0 Å². The number of ether oxygens (including phenoxy) is 2. The highest BCUT2D eigenvalue weighted by Gasteiger charge is 2.17. The molecule has 0 radical (unpaired) electrons. The normalized spacial score (nSPS) is 15.0. The molecule has 1 unspecified atom stereocenters. The van der Waals surface area contributed by atoms with Gasteiger partial charge in [0.05, 0.1) is 34.4 Å². The Balaban J connectivity index is 3.68. The summed E-state index contributed by atoms with van der Waals surface area (Å²) in [7, 11) is 3.16. The molecule has 0 spiro atoms. The molecule has 0 N–H and O–H groups in total. The second-order valence-corrected chi connectivity index (χ2v) is 11.5. The fourth-order valence-electron chi connectivity index (χ4n) is 3.52. The van der Waals surface area contributed by atoms with Crippen molar-refractivity contribution < 1.29 is 32.5 Å². The molecule has 0 rings (SSSR count). The zero-order valence-corrected chi connectivity index (χ0v) is 23.3. The van der Waals surface area contributed by atoms with E-state index in [-0.39, 0.29) is 19.8 Å². The summed E-state index contributed by atoms with van der Waals surface area (Å²) in [5, 5.41) is 0. The molecule has 0 aromatic heterocycles. The summed E-state index contributed by atoms with van der Waals surface area (Å²) in [5.74, 6) is 0. The van der Waals surface area contributed by atoms with Crippen molar-refractivity contribution >= 4 is 7.82 Å².